The molecule has 0 saturated carbocycles. The second kappa shape index (κ2) is 23.8. The van der Waals surface area contributed by atoms with Crippen molar-refractivity contribution in [3.05, 3.63) is 362 Å². The Bertz CT molecular complexity index is 4450. The molecule has 12 aromatic rings. The third-order valence-electron chi connectivity index (χ3n) is 19.4. The number of carbonyl (C=O) groups is 1. The maximum absolute atomic E-state index is 13.0. The van der Waals surface area contributed by atoms with E-state index < -0.39 is 16.9 Å². The molecule has 3 N–H and O–H groups in total. The van der Waals surface area contributed by atoms with E-state index in [2.05, 4.69) is 308 Å². The minimum absolute atomic E-state index is 0. The summed E-state index contributed by atoms with van der Waals surface area (Å²) in [6.45, 7) is 9.38. The summed E-state index contributed by atoms with van der Waals surface area (Å²) < 4.78 is 5.57. The van der Waals surface area contributed by atoms with Gasteiger partial charge in [0.05, 0.1) is 22.9 Å². The Morgan fingerprint density at radius 1 is 0.378 bits per heavy atom. The molecule has 0 atom stereocenters. The zero-order chi connectivity index (χ0) is 59.9. The van der Waals surface area contributed by atoms with Gasteiger partial charge in [0.1, 0.15) is 6.10 Å². The van der Waals surface area contributed by atoms with Crippen LogP contribution >= 0.6 is 15.9 Å². The summed E-state index contributed by atoms with van der Waals surface area (Å²) in [6, 6.07) is 99.9. The Hall–Kier alpha value is -8.89. The molecule has 0 saturated heterocycles. The minimum Gasteiger partial charge on any atom is -0.466 e. The van der Waals surface area contributed by atoms with Crippen molar-refractivity contribution in [2.45, 2.75) is 56.0 Å². The number of esters is 1. The summed E-state index contributed by atoms with van der Waals surface area (Å²) in [5.41, 5.74) is 31.8. The molecule has 6 aliphatic carbocycles. The van der Waals surface area contributed by atoms with E-state index in [9.17, 15) is 9.90 Å². The number of rotatable bonds is 4. The predicted octanol–water partition coefficient (Wildman–Crippen LogP) is 16.6. The predicted molar refractivity (Wildman–Crippen MR) is 366 cm³/mol. The van der Waals surface area contributed by atoms with E-state index in [1.807, 2.05) is 0 Å². The number of aliphatic hydroxyl groups is 1. The Labute approximate surface area is 548 Å². The number of hydrogen-bond donors (Lipinski definition) is 1. The number of hydrogen-bond acceptors (Lipinski definition) is 3. The van der Waals surface area contributed by atoms with Gasteiger partial charge in [-0.1, -0.05) is 296 Å². The van der Waals surface area contributed by atoms with Crippen molar-refractivity contribution < 1.29 is 39.0 Å². The summed E-state index contributed by atoms with van der Waals surface area (Å²) in [5.74, 6) is -0.211. The summed E-state index contributed by atoms with van der Waals surface area (Å²) in [5, 5.41) is 13.0. The van der Waals surface area contributed by atoms with Crippen LogP contribution in [0.2, 0.25) is 0 Å². The van der Waals surface area contributed by atoms with Gasteiger partial charge in [0.2, 0.25) is 0 Å². The molecule has 18 rings (SSSR count). The summed E-state index contributed by atoms with van der Waals surface area (Å²) in [7, 11) is 0. The van der Waals surface area contributed by atoms with Crippen molar-refractivity contribution in [3.8, 4) is 66.8 Å². The number of fused-ring (bicyclic) bond motifs is 30. The van der Waals surface area contributed by atoms with E-state index in [0.29, 0.717) is 6.61 Å². The standard InChI is InChI=1S/C51H32O.C25H15Br.C4H8O2.C4H9.Li.H2O/c52-49(37-21-13-29-45-47(37)35-19-5-11-27-43(35)50(45)39-23-7-1-15-31(39)32-16-2-8-24-40(32)50)38-22-14-30-46-48(38)36-20-6-12-28-44(36)51(46)41-25-9-3-17-33(41)34-18-4-10-26-42(34)51;26-23-15-7-14-22-24(23)18-10-3-6-13-21(18)25(22)19-11-4-1-8-16(19)17-9-2-5-12-20(17)25;1-3-6-4(2)5;1-3-4-2;;/h1-30,49,52H;1-15H;3H2,1-2H3;1,3-4H2,2H3;;1H2/q;;;-1;+1;. The first-order chi connectivity index (χ1) is 43.3. The van der Waals surface area contributed by atoms with E-state index in [-0.39, 0.29) is 35.7 Å². The van der Waals surface area contributed by atoms with Crippen molar-refractivity contribution >= 4 is 21.9 Å². The van der Waals surface area contributed by atoms with E-state index in [1.54, 1.807) is 6.92 Å². The number of aliphatic hydroxyl groups excluding tert-OH is 1. The zero-order valence-corrected chi connectivity index (χ0v) is 52.6. The van der Waals surface area contributed by atoms with Crippen LogP contribution < -0.4 is 18.9 Å². The first-order valence-electron chi connectivity index (χ1n) is 30.8. The monoisotopic (exact) mass is 1220 g/mol. The van der Waals surface area contributed by atoms with Crippen LogP contribution in [0, 0.1) is 6.92 Å². The van der Waals surface area contributed by atoms with Gasteiger partial charge in [-0.05, 0) is 152 Å². The first kappa shape index (κ1) is 60.0. The number of halogens is 1. The topological polar surface area (TPSA) is 78.0 Å². The molecule has 0 bridgehead atoms. The van der Waals surface area contributed by atoms with Crippen LogP contribution in [0.5, 0.6) is 0 Å². The quantitative estimate of drug-likeness (QED) is 0.108. The van der Waals surface area contributed by atoms with E-state index in [0.717, 1.165) is 28.7 Å². The van der Waals surface area contributed by atoms with Gasteiger partial charge in [0.25, 0.3) is 0 Å². The molecule has 6 aliphatic rings. The Balaban J connectivity index is 0.000000163. The molecular weight excluding hydrogens is 1160 g/mol. The van der Waals surface area contributed by atoms with Crippen molar-refractivity contribution in [1.29, 1.82) is 0 Å². The van der Waals surface area contributed by atoms with Crippen LogP contribution in [0.1, 0.15) is 118 Å². The van der Waals surface area contributed by atoms with Crippen molar-refractivity contribution in [2.24, 2.45) is 0 Å². The fourth-order valence-electron chi connectivity index (χ4n) is 16.3. The molecule has 0 amide bonds. The average Bonchev–Trinajstić information content (AvgIpc) is 1.53. The third kappa shape index (κ3) is 8.37. The molecule has 3 spiro atoms. The SMILES string of the molecule is Brc1cccc2c1-c1ccccc1C21c2ccccc2-c2ccccc21.CCOC(C)=O.O.OC(c1cccc2c1-c1ccccc1C21c2ccccc2-c2ccccc21)c1cccc2c1-c1ccccc1C21c2ccccc2-c2ccccc21.[CH2-]CCC.[Li+]. The molecule has 0 radical (unpaired) electrons. The van der Waals surface area contributed by atoms with Crippen LogP contribution in [0.4, 0.5) is 0 Å². The van der Waals surface area contributed by atoms with Crippen molar-refractivity contribution in [3.63, 3.8) is 0 Å². The molecule has 12 aromatic carbocycles. The largest absolute Gasteiger partial charge is 1.00 e. The first-order valence-corrected chi connectivity index (χ1v) is 31.6. The molecule has 0 aliphatic heterocycles. The van der Waals surface area contributed by atoms with Gasteiger partial charge in [-0.25, -0.2) is 0 Å². The third-order valence-corrected chi connectivity index (χ3v) is 20.0. The normalized spacial score (nSPS) is 13.8. The minimum atomic E-state index is -0.852. The van der Waals surface area contributed by atoms with Crippen molar-refractivity contribution in [1.82, 2.24) is 0 Å². The molecule has 90 heavy (non-hydrogen) atoms. The fourth-order valence-corrected chi connectivity index (χ4v) is 16.8. The van der Waals surface area contributed by atoms with Crippen LogP contribution in [-0.4, -0.2) is 23.2 Å². The Morgan fingerprint density at radius 2 is 0.600 bits per heavy atom. The van der Waals surface area contributed by atoms with E-state index in [1.165, 1.54) is 140 Å². The maximum Gasteiger partial charge on any atom is 1.00 e. The molecule has 0 heterocycles. The molecule has 6 heteroatoms. The summed E-state index contributed by atoms with van der Waals surface area (Å²) >= 11 is 3.83. The van der Waals surface area contributed by atoms with Crippen molar-refractivity contribution in [2.75, 3.05) is 6.61 Å². The molecule has 0 aromatic heterocycles. The number of carbonyl (C=O) groups excluding carboxylic acids is 1. The van der Waals surface area contributed by atoms with E-state index in [4.69, 9.17) is 0 Å². The molecule has 4 nitrogen and oxygen atoms in total. The number of unbranched alkanes of at least 4 members (excludes halogenated alkanes) is 1. The average molecular weight is 1230 g/mol. The van der Waals surface area contributed by atoms with Gasteiger partial charge in [0.15, 0.2) is 0 Å². The number of ether oxygens (including phenoxy) is 1. The fraction of sp³-hybridized carbons (Fsp3) is 0.119. The molecule has 0 fully saturated rings. The Morgan fingerprint density at radius 3 is 0.856 bits per heavy atom. The van der Waals surface area contributed by atoms with Gasteiger partial charge in [-0.3, -0.25) is 4.79 Å². The van der Waals surface area contributed by atoms with Gasteiger partial charge in [-0.2, -0.15) is 6.42 Å². The van der Waals surface area contributed by atoms with Gasteiger partial charge < -0.3 is 22.2 Å². The molecular formula is C84H66BrLiO4. The second-order valence-electron chi connectivity index (χ2n) is 23.5. The Kier molecular flexibility index (Phi) is 15.9. The van der Waals surface area contributed by atoms with E-state index >= 15 is 0 Å². The smallest absolute Gasteiger partial charge is 0.466 e. The zero-order valence-electron chi connectivity index (χ0n) is 51.0. The number of benzene rings is 12. The van der Waals surface area contributed by atoms with Crippen LogP contribution in [0.3, 0.4) is 0 Å². The van der Waals surface area contributed by atoms with Gasteiger partial charge in [0, 0.05) is 17.0 Å². The molecule has 434 valence electrons. The molecule has 0 unspecified atom stereocenters. The van der Waals surface area contributed by atoms with Crippen LogP contribution in [-0.2, 0) is 25.8 Å². The van der Waals surface area contributed by atoms with Crippen LogP contribution in [0.25, 0.3) is 66.8 Å². The summed E-state index contributed by atoms with van der Waals surface area (Å²) in [6.07, 6.45) is 1.43. The summed E-state index contributed by atoms with van der Waals surface area (Å²) in [4.78, 5) is 9.82. The maximum atomic E-state index is 13.0. The van der Waals surface area contributed by atoms with Gasteiger partial charge >= 0.3 is 24.8 Å². The van der Waals surface area contributed by atoms with Gasteiger partial charge in [-0.15, -0.1) is 0 Å². The van der Waals surface area contributed by atoms with Crippen LogP contribution in [0.15, 0.2) is 277 Å². The second-order valence-corrected chi connectivity index (χ2v) is 24.4.